The monoisotopic (exact) mass is 238 g/mol. The van der Waals surface area contributed by atoms with Gasteiger partial charge in [0, 0.05) is 12.5 Å². The summed E-state index contributed by atoms with van der Waals surface area (Å²) in [7, 11) is 0. The molecule has 0 saturated carbocycles. The Bertz CT molecular complexity index is 509. The van der Waals surface area contributed by atoms with Gasteiger partial charge in [-0.25, -0.2) is 0 Å². The van der Waals surface area contributed by atoms with Gasteiger partial charge in [0.2, 0.25) is 5.95 Å². The molecule has 17 heavy (non-hydrogen) atoms. The first-order valence-corrected chi connectivity index (χ1v) is 5.33. The van der Waals surface area contributed by atoms with Gasteiger partial charge in [-0.15, -0.1) is 0 Å². The van der Waals surface area contributed by atoms with Crippen LogP contribution >= 0.6 is 0 Å². The summed E-state index contributed by atoms with van der Waals surface area (Å²) in [6.45, 7) is 1.77. The Kier molecular flexibility index (Phi) is 2.84. The van der Waals surface area contributed by atoms with Gasteiger partial charge in [0.05, 0.1) is 5.56 Å². The number of carbonyl (C=O) groups excluding carboxylic acids is 1. The lowest BCUT2D eigenvalue weighted by Gasteiger charge is -2.24. The van der Waals surface area contributed by atoms with Crippen LogP contribution in [0.1, 0.15) is 12.5 Å². The highest BCUT2D eigenvalue weighted by Gasteiger charge is 2.29. The Balaban J connectivity index is 2.31. The van der Waals surface area contributed by atoms with Crippen molar-refractivity contribution in [3.63, 3.8) is 0 Å². The van der Waals surface area contributed by atoms with Gasteiger partial charge in [0.15, 0.2) is 5.78 Å². The van der Waals surface area contributed by atoms with Crippen molar-refractivity contribution in [1.82, 2.24) is 9.97 Å². The third-order valence-electron chi connectivity index (χ3n) is 2.81. The first-order valence-electron chi connectivity index (χ1n) is 5.33. The van der Waals surface area contributed by atoms with Gasteiger partial charge in [0.25, 0.3) is 5.56 Å². The number of Topliss-reactive ketones (excluding diaryl/α,β-unsaturated/α-hetero) is 1. The molecule has 2 heterocycles. The zero-order valence-corrected chi connectivity index (χ0v) is 9.36. The Hall–Kier alpha value is -1.89. The van der Waals surface area contributed by atoms with E-state index >= 15 is 0 Å². The molecule has 2 atom stereocenters. The average Bonchev–Trinajstić information content (AvgIpc) is 2.27. The molecule has 1 aromatic heterocycles. The van der Waals surface area contributed by atoms with Gasteiger partial charge in [-0.3, -0.25) is 14.6 Å². The standard InChI is InChI=1S/C10H14N4O3/c1-4(15)7(16)5-2-6-8(12-3-5)13-10(11)14-9(6)17/h4-5,15H,2-3H2,1H3,(H4,11,12,13,14,17)/t4-,5-/m0/s1. The molecular weight excluding hydrogens is 224 g/mol. The molecule has 0 radical (unpaired) electrons. The maximum atomic E-state index is 11.6. The smallest absolute Gasteiger partial charge is 0.257 e. The summed E-state index contributed by atoms with van der Waals surface area (Å²) in [5.41, 5.74) is 5.47. The van der Waals surface area contributed by atoms with Crippen molar-refractivity contribution in [2.75, 3.05) is 17.6 Å². The van der Waals surface area contributed by atoms with Gasteiger partial charge < -0.3 is 16.2 Å². The molecule has 0 fully saturated rings. The summed E-state index contributed by atoms with van der Waals surface area (Å²) in [5, 5.41) is 12.1. The van der Waals surface area contributed by atoms with Crippen LogP contribution in [0.15, 0.2) is 4.79 Å². The number of carbonyl (C=O) groups is 1. The third kappa shape index (κ3) is 2.14. The highest BCUT2D eigenvalue weighted by atomic mass is 16.3. The molecule has 0 saturated heterocycles. The fourth-order valence-corrected chi connectivity index (χ4v) is 1.93. The lowest BCUT2D eigenvalue weighted by molar-refractivity contribution is -0.130. The number of ketones is 1. The zero-order chi connectivity index (χ0) is 12.6. The lowest BCUT2D eigenvalue weighted by Crippen LogP contribution is -2.38. The number of aliphatic hydroxyl groups excluding tert-OH is 1. The number of H-pyrrole nitrogens is 1. The number of hydrogen-bond acceptors (Lipinski definition) is 6. The van der Waals surface area contributed by atoms with Crippen LogP contribution in [0.4, 0.5) is 11.8 Å². The van der Waals surface area contributed by atoms with E-state index in [4.69, 9.17) is 5.73 Å². The number of fused-ring (bicyclic) bond motifs is 1. The van der Waals surface area contributed by atoms with E-state index in [1.807, 2.05) is 0 Å². The number of nitrogens with one attached hydrogen (secondary N) is 2. The van der Waals surface area contributed by atoms with E-state index < -0.39 is 12.0 Å². The van der Waals surface area contributed by atoms with Gasteiger partial charge in [-0.1, -0.05) is 0 Å². The summed E-state index contributed by atoms with van der Waals surface area (Å²) in [6.07, 6.45) is -0.751. The van der Waals surface area contributed by atoms with Crippen LogP contribution in [0.3, 0.4) is 0 Å². The summed E-state index contributed by atoms with van der Waals surface area (Å²) in [4.78, 5) is 29.6. The van der Waals surface area contributed by atoms with Crippen LogP contribution in [0.25, 0.3) is 0 Å². The summed E-state index contributed by atoms with van der Waals surface area (Å²) in [5.74, 6) is -0.226. The first kappa shape index (κ1) is 11.6. The second-order valence-electron chi connectivity index (χ2n) is 4.14. The molecule has 0 aliphatic carbocycles. The number of aromatic amines is 1. The lowest BCUT2D eigenvalue weighted by atomic mass is 9.91. The molecule has 1 aliphatic rings. The van der Waals surface area contributed by atoms with Gasteiger partial charge >= 0.3 is 0 Å². The molecule has 1 aromatic rings. The zero-order valence-electron chi connectivity index (χ0n) is 9.36. The Morgan fingerprint density at radius 3 is 3.00 bits per heavy atom. The SMILES string of the molecule is C[C@H](O)C(=O)[C@@H]1CNc2nc(N)[nH]c(=O)c2C1. The van der Waals surface area contributed by atoms with Crippen molar-refractivity contribution in [1.29, 1.82) is 0 Å². The molecule has 0 amide bonds. The molecule has 0 unspecified atom stereocenters. The molecule has 0 bridgehead atoms. The van der Waals surface area contributed by atoms with E-state index in [2.05, 4.69) is 15.3 Å². The van der Waals surface area contributed by atoms with E-state index in [-0.39, 0.29) is 23.7 Å². The number of nitrogens with zero attached hydrogens (tertiary/aromatic N) is 1. The molecule has 92 valence electrons. The first-order chi connectivity index (χ1) is 7.99. The number of rotatable bonds is 2. The van der Waals surface area contributed by atoms with E-state index in [0.717, 1.165) is 0 Å². The van der Waals surface area contributed by atoms with Crippen molar-refractivity contribution in [3.8, 4) is 0 Å². The van der Waals surface area contributed by atoms with Gasteiger partial charge in [-0.2, -0.15) is 4.98 Å². The van der Waals surface area contributed by atoms with Crippen molar-refractivity contribution in [2.24, 2.45) is 5.92 Å². The van der Waals surface area contributed by atoms with Gasteiger partial charge in [0.1, 0.15) is 11.9 Å². The van der Waals surface area contributed by atoms with Crippen molar-refractivity contribution < 1.29 is 9.90 Å². The minimum atomic E-state index is -1.02. The number of hydrogen-bond donors (Lipinski definition) is 4. The van der Waals surface area contributed by atoms with E-state index in [0.29, 0.717) is 17.9 Å². The molecule has 1 aliphatic heterocycles. The topological polar surface area (TPSA) is 121 Å². The van der Waals surface area contributed by atoms with Crippen LogP contribution in [-0.4, -0.2) is 33.5 Å². The normalized spacial score (nSPS) is 20.2. The number of anilines is 2. The highest BCUT2D eigenvalue weighted by Crippen LogP contribution is 2.21. The summed E-state index contributed by atoms with van der Waals surface area (Å²) < 4.78 is 0. The van der Waals surface area contributed by atoms with E-state index in [1.54, 1.807) is 0 Å². The molecule has 0 aromatic carbocycles. The average molecular weight is 238 g/mol. The summed E-state index contributed by atoms with van der Waals surface area (Å²) in [6, 6.07) is 0. The molecule has 2 rings (SSSR count). The number of nitrogens with two attached hydrogens (primary N) is 1. The quantitative estimate of drug-likeness (QED) is 0.518. The van der Waals surface area contributed by atoms with Crippen LogP contribution in [-0.2, 0) is 11.2 Å². The molecule has 5 N–H and O–H groups in total. The fraction of sp³-hybridized carbons (Fsp3) is 0.500. The highest BCUT2D eigenvalue weighted by molar-refractivity contribution is 5.86. The predicted octanol–water partition coefficient (Wildman–Crippen LogP) is -1.11. The van der Waals surface area contributed by atoms with Crippen LogP contribution in [0, 0.1) is 5.92 Å². The fourth-order valence-electron chi connectivity index (χ4n) is 1.93. The van der Waals surface area contributed by atoms with Crippen LogP contribution < -0.4 is 16.6 Å². The van der Waals surface area contributed by atoms with Crippen LogP contribution in [0.5, 0.6) is 0 Å². The number of aromatic nitrogens is 2. The largest absolute Gasteiger partial charge is 0.386 e. The molecular formula is C10H14N4O3. The minimum absolute atomic E-state index is 0.0431. The Morgan fingerprint density at radius 2 is 2.35 bits per heavy atom. The van der Waals surface area contributed by atoms with Gasteiger partial charge in [-0.05, 0) is 13.3 Å². The maximum absolute atomic E-state index is 11.6. The number of aliphatic hydroxyl groups is 1. The van der Waals surface area contributed by atoms with E-state index in [9.17, 15) is 14.7 Å². The Labute approximate surface area is 97.1 Å². The second-order valence-corrected chi connectivity index (χ2v) is 4.14. The molecule has 7 heteroatoms. The molecule has 0 spiro atoms. The second kappa shape index (κ2) is 4.17. The Morgan fingerprint density at radius 1 is 1.65 bits per heavy atom. The number of nitrogen functional groups attached to an aromatic ring is 1. The maximum Gasteiger partial charge on any atom is 0.257 e. The van der Waals surface area contributed by atoms with E-state index in [1.165, 1.54) is 6.92 Å². The van der Waals surface area contributed by atoms with Crippen molar-refractivity contribution in [3.05, 3.63) is 15.9 Å². The van der Waals surface area contributed by atoms with Crippen molar-refractivity contribution in [2.45, 2.75) is 19.4 Å². The summed E-state index contributed by atoms with van der Waals surface area (Å²) >= 11 is 0. The van der Waals surface area contributed by atoms with Crippen molar-refractivity contribution >= 4 is 17.5 Å². The minimum Gasteiger partial charge on any atom is -0.386 e. The molecule has 7 nitrogen and oxygen atoms in total. The predicted molar refractivity (Wildman–Crippen MR) is 61.6 cm³/mol. The van der Waals surface area contributed by atoms with Crippen LogP contribution in [0.2, 0.25) is 0 Å². The third-order valence-corrected chi connectivity index (χ3v) is 2.81.